The molecule has 0 spiro atoms. The van der Waals surface area contributed by atoms with Crippen LogP contribution in [-0.2, 0) is 9.59 Å². The molecule has 0 bridgehead atoms. The highest BCUT2D eigenvalue weighted by Crippen LogP contribution is 2.37. The second-order valence-electron chi connectivity index (χ2n) is 6.53. The van der Waals surface area contributed by atoms with Crippen LogP contribution in [0.2, 0.25) is 0 Å². The average Bonchev–Trinajstić information content (AvgIpc) is 2.66. The van der Waals surface area contributed by atoms with E-state index >= 15 is 0 Å². The third kappa shape index (κ3) is 3.12. The van der Waals surface area contributed by atoms with Crippen molar-refractivity contribution in [3.05, 3.63) is 41.2 Å². The molecule has 0 N–H and O–H groups in total. The van der Waals surface area contributed by atoms with Gasteiger partial charge in [-0.05, 0) is 56.8 Å². The largest absolute Gasteiger partial charge is 0.456 e. The lowest BCUT2D eigenvalue weighted by Crippen LogP contribution is -2.53. The molecule has 0 saturated carbocycles. The normalized spacial score (nSPS) is 17.1. The summed E-state index contributed by atoms with van der Waals surface area (Å²) in [7, 11) is 3.11. The molecule has 142 valence electrons. The van der Waals surface area contributed by atoms with Crippen LogP contribution in [0.5, 0.6) is 5.75 Å². The molecule has 1 saturated heterocycles. The van der Waals surface area contributed by atoms with Gasteiger partial charge in [0, 0.05) is 44.5 Å². The van der Waals surface area contributed by atoms with Crippen LogP contribution in [-0.4, -0.2) is 53.9 Å². The number of carbonyl (C=O) groups excluding carboxylic acids is 2. The topological polar surface area (TPSA) is 53.1 Å². The van der Waals surface area contributed by atoms with Crippen molar-refractivity contribution in [2.45, 2.75) is 20.8 Å². The second kappa shape index (κ2) is 7.15. The van der Waals surface area contributed by atoms with E-state index < -0.39 is 11.8 Å². The first kappa shape index (κ1) is 19.1. The monoisotopic (exact) mass is 385 g/mol. The third-order valence-corrected chi connectivity index (χ3v) is 5.49. The van der Waals surface area contributed by atoms with Crippen LogP contribution in [0.3, 0.4) is 0 Å². The van der Waals surface area contributed by atoms with Crippen LogP contribution in [0, 0.1) is 0 Å². The fourth-order valence-corrected chi connectivity index (χ4v) is 3.45. The maximum atomic E-state index is 12.7. The third-order valence-electron chi connectivity index (χ3n) is 4.94. The molecular weight excluding hydrogens is 362 g/mol. The number of ether oxygens (including phenoxy) is 1. The van der Waals surface area contributed by atoms with Gasteiger partial charge in [0.1, 0.15) is 17.1 Å². The molecular formula is C20H23N3O3S. The van der Waals surface area contributed by atoms with Crippen LogP contribution in [0.25, 0.3) is 5.57 Å². The summed E-state index contributed by atoms with van der Waals surface area (Å²) in [6.45, 7) is 7.88. The summed E-state index contributed by atoms with van der Waals surface area (Å²) >= 11 is 5.14. The van der Waals surface area contributed by atoms with Gasteiger partial charge in [-0.15, -0.1) is 0 Å². The number of allylic oxidation sites excluding steroid dienone is 2. The van der Waals surface area contributed by atoms with Gasteiger partial charge in [-0.3, -0.25) is 19.4 Å². The zero-order chi connectivity index (χ0) is 19.9. The minimum atomic E-state index is -0.453. The number of amides is 2. The van der Waals surface area contributed by atoms with Crippen LogP contribution < -0.4 is 9.64 Å². The van der Waals surface area contributed by atoms with Crippen LogP contribution >= 0.6 is 12.2 Å². The number of thiocarbonyl (C=S) groups is 1. The molecule has 1 aromatic rings. The van der Waals surface area contributed by atoms with Crippen LogP contribution in [0.4, 0.5) is 5.69 Å². The summed E-state index contributed by atoms with van der Waals surface area (Å²) in [6.07, 6.45) is 1.74. The van der Waals surface area contributed by atoms with Gasteiger partial charge < -0.3 is 9.64 Å². The summed E-state index contributed by atoms with van der Waals surface area (Å²) in [5.41, 5.74) is 2.91. The van der Waals surface area contributed by atoms with Gasteiger partial charge in [0.25, 0.3) is 11.8 Å². The summed E-state index contributed by atoms with van der Waals surface area (Å²) in [4.78, 5) is 30.2. The van der Waals surface area contributed by atoms with Crippen molar-refractivity contribution < 1.29 is 14.3 Å². The van der Waals surface area contributed by atoms with Gasteiger partial charge >= 0.3 is 0 Å². The predicted octanol–water partition coefficient (Wildman–Crippen LogP) is 2.80. The molecule has 0 atom stereocenters. The lowest BCUT2D eigenvalue weighted by molar-refractivity contribution is -0.132. The van der Waals surface area contributed by atoms with E-state index in [-0.39, 0.29) is 16.4 Å². The van der Waals surface area contributed by atoms with E-state index in [1.807, 2.05) is 19.1 Å². The van der Waals surface area contributed by atoms with E-state index in [9.17, 15) is 9.59 Å². The van der Waals surface area contributed by atoms with Crippen LogP contribution in [0.15, 0.2) is 35.6 Å². The molecule has 0 aromatic heterocycles. The Morgan fingerprint density at radius 3 is 2.22 bits per heavy atom. The number of nitrogens with zero attached hydrogens (tertiary/aromatic N) is 3. The Morgan fingerprint density at radius 2 is 1.67 bits per heavy atom. The summed E-state index contributed by atoms with van der Waals surface area (Å²) in [5, 5.41) is 0.176. The van der Waals surface area contributed by atoms with Gasteiger partial charge in [-0.25, -0.2) is 0 Å². The van der Waals surface area contributed by atoms with Gasteiger partial charge in [-0.2, -0.15) is 0 Å². The smallest absolute Gasteiger partial charge is 0.269 e. The van der Waals surface area contributed by atoms with E-state index in [4.69, 9.17) is 17.0 Å². The van der Waals surface area contributed by atoms with Gasteiger partial charge in [0.2, 0.25) is 0 Å². The Morgan fingerprint density at radius 1 is 1.07 bits per heavy atom. The Hall–Kier alpha value is -2.67. The molecule has 0 unspecified atom stereocenters. The number of likely N-dealkylation sites (N-methyl/N-ethyl adjacent to an activating group) is 2. The molecule has 1 aromatic carbocycles. The lowest BCUT2D eigenvalue weighted by Gasteiger charge is -2.33. The van der Waals surface area contributed by atoms with Crippen molar-refractivity contribution in [2.75, 3.05) is 32.1 Å². The van der Waals surface area contributed by atoms with E-state index in [1.165, 1.54) is 9.80 Å². The van der Waals surface area contributed by atoms with E-state index in [2.05, 4.69) is 24.8 Å². The molecule has 2 heterocycles. The maximum Gasteiger partial charge on any atom is 0.269 e. The van der Waals surface area contributed by atoms with Crippen molar-refractivity contribution >= 4 is 40.4 Å². The van der Waals surface area contributed by atoms with Crippen LogP contribution in [0.1, 0.15) is 26.3 Å². The van der Waals surface area contributed by atoms with Gasteiger partial charge in [0.05, 0.1) is 0 Å². The van der Waals surface area contributed by atoms with Gasteiger partial charge in [0.15, 0.2) is 5.11 Å². The SMILES string of the molecule is CCN(CC)c1ccc2c(c1)OC(=C1C(=O)N(C)C(=S)N(C)C1=O)C=C2C. The van der Waals surface area contributed by atoms with Crippen molar-refractivity contribution in [3.63, 3.8) is 0 Å². The molecule has 27 heavy (non-hydrogen) atoms. The minimum absolute atomic E-state index is 0.00755. The van der Waals surface area contributed by atoms with Crippen molar-refractivity contribution in [2.24, 2.45) is 0 Å². The minimum Gasteiger partial charge on any atom is -0.456 e. The molecule has 6 nitrogen and oxygen atoms in total. The average molecular weight is 385 g/mol. The quantitative estimate of drug-likeness (QED) is 0.455. The summed E-state index contributed by atoms with van der Waals surface area (Å²) < 4.78 is 6.03. The number of rotatable bonds is 3. The maximum absolute atomic E-state index is 12.7. The molecule has 2 amide bonds. The summed E-state index contributed by atoms with van der Waals surface area (Å²) in [6, 6.07) is 6.02. The Labute approximate surface area is 164 Å². The van der Waals surface area contributed by atoms with Crippen molar-refractivity contribution in [1.82, 2.24) is 9.80 Å². The highest BCUT2D eigenvalue weighted by molar-refractivity contribution is 7.80. The second-order valence-corrected chi connectivity index (χ2v) is 6.90. The molecule has 2 aliphatic heterocycles. The Kier molecular flexibility index (Phi) is 5.06. The van der Waals surface area contributed by atoms with Gasteiger partial charge in [-0.1, -0.05) is 0 Å². The van der Waals surface area contributed by atoms with E-state index in [0.717, 1.165) is 29.9 Å². The first-order valence-electron chi connectivity index (χ1n) is 8.90. The highest BCUT2D eigenvalue weighted by atomic mass is 32.1. The number of hydrogen-bond donors (Lipinski definition) is 0. The number of benzene rings is 1. The molecule has 2 aliphatic rings. The molecule has 3 rings (SSSR count). The zero-order valence-corrected chi connectivity index (χ0v) is 17.0. The molecule has 7 heteroatoms. The lowest BCUT2D eigenvalue weighted by atomic mass is 9.99. The standard InChI is InChI=1S/C20H23N3O3S/c1-6-23(7-2)13-8-9-14-12(3)10-16(26-15(14)11-13)17-18(24)21(4)20(27)22(5)19(17)25/h8-11H,6-7H2,1-5H3. The Bertz CT molecular complexity index is 874. The molecule has 1 fully saturated rings. The Balaban J connectivity index is 2.09. The molecule has 0 radical (unpaired) electrons. The molecule has 0 aliphatic carbocycles. The van der Waals surface area contributed by atoms with Crippen molar-refractivity contribution in [1.29, 1.82) is 0 Å². The number of carbonyl (C=O) groups is 2. The summed E-state index contributed by atoms with van der Waals surface area (Å²) in [5.74, 6) is -0.00940. The highest BCUT2D eigenvalue weighted by Gasteiger charge is 2.39. The zero-order valence-electron chi connectivity index (χ0n) is 16.2. The number of fused-ring (bicyclic) bond motifs is 1. The fourth-order valence-electron chi connectivity index (χ4n) is 3.29. The number of anilines is 1. The predicted molar refractivity (Wildman–Crippen MR) is 109 cm³/mol. The van der Waals surface area contributed by atoms with Crippen molar-refractivity contribution in [3.8, 4) is 5.75 Å². The number of hydrogen-bond acceptors (Lipinski definition) is 5. The van der Waals surface area contributed by atoms with E-state index in [1.54, 1.807) is 20.2 Å². The first-order chi connectivity index (χ1) is 12.8. The fraction of sp³-hybridized carbons (Fsp3) is 0.350. The first-order valence-corrected chi connectivity index (χ1v) is 9.30. The van der Waals surface area contributed by atoms with E-state index in [0.29, 0.717) is 5.75 Å².